The van der Waals surface area contributed by atoms with Crippen LogP contribution in [0, 0.1) is 0 Å². The van der Waals surface area contributed by atoms with Gasteiger partial charge < -0.3 is 5.32 Å². The third-order valence-electron chi connectivity index (χ3n) is 3.29. The standard InChI is InChI=1S/C17H20ClN3O2S/c1-2-3-11-21-16(22)9-8-15(20-21)17(23)19-10-12-24-14-6-4-13(18)5-7-14/h4-9H,2-3,10-12H2,1H3,(H,19,23). The number of aromatic nitrogens is 2. The Bertz CT molecular complexity index is 731. The number of rotatable bonds is 8. The molecule has 0 aliphatic carbocycles. The highest BCUT2D eigenvalue weighted by Crippen LogP contribution is 2.19. The van der Waals surface area contributed by atoms with E-state index in [0.29, 0.717) is 18.1 Å². The molecule has 1 N–H and O–H groups in total. The van der Waals surface area contributed by atoms with Crippen LogP contribution in [0.3, 0.4) is 0 Å². The topological polar surface area (TPSA) is 64.0 Å². The van der Waals surface area contributed by atoms with Crippen LogP contribution in [-0.2, 0) is 6.54 Å². The highest BCUT2D eigenvalue weighted by Gasteiger charge is 2.09. The van der Waals surface area contributed by atoms with Crippen LogP contribution in [0.15, 0.2) is 46.1 Å². The van der Waals surface area contributed by atoms with Gasteiger partial charge in [-0.2, -0.15) is 5.10 Å². The maximum absolute atomic E-state index is 12.1. The lowest BCUT2D eigenvalue weighted by Crippen LogP contribution is -2.30. The monoisotopic (exact) mass is 365 g/mol. The first-order chi connectivity index (χ1) is 11.6. The molecule has 5 nitrogen and oxygen atoms in total. The summed E-state index contributed by atoms with van der Waals surface area (Å²) in [4.78, 5) is 24.9. The van der Waals surface area contributed by atoms with Crippen molar-refractivity contribution in [1.82, 2.24) is 15.1 Å². The average molecular weight is 366 g/mol. The summed E-state index contributed by atoms with van der Waals surface area (Å²) in [5, 5.41) is 7.65. The van der Waals surface area contributed by atoms with Gasteiger partial charge in [-0.3, -0.25) is 9.59 Å². The number of thioether (sulfide) groups is 1. The number of halogens is 1. The molecule has 0 fully saturated rings. The smallest absolute Gasteiger partial charge is 0.271 e. The van der Waals surface area contributed by atoms with Gasteiger partial charge in [-0.15, -0.1) is 11.8 Å². The second-order valence-corrected chi connectivity index (χ2v) is 6.80. The highest BCUT2D eigenvalue weighted by molar-refractivity contribution is 7.99. The number of nitrogens with one attached hydrogen (secondary N) is 1. The molecule has 0 aliphatic heterocycles. The molecule has 0 radical (unpaired) electrons. The van der Waals surface area contributed by atoms with E-state index in [9.17, 15) is 9.59 Å². The average Bonchev–Trinajstić information content (AvgIpc) is 2.59. The first-order valence-electron chi connectivity index (χ1n) is 7.85. The van der Waals surface area contributed by atoms with Crippen LogP contribution in [0.1, 0.15) is 30.3 Å². The third-order valence-corrected chi connectivity index (χ3v) is 4.56. The zero-order valence-corrected chi connectivity index (χ0v) is 15.1. The van der Waals surface area contributed by atoms with Gasteiger partial charge in [0.2, 0.25) is 0 Å². The maximum atomic E-state index is 12.1. The van der Waals surface area contributed by atoms with Crippen molar-refractivity contribution in [2.24, 2.45) is 0 Å². The molecule has 2 rings (SSSR count). The van der Waals surface area contributed by atoms with Crippen molar-refractivity contribution in [3.63, 3.8) is 0 Å². The van der Waals surface area contributed by atoms with Gasteiger partial charge in [0, 0.05) is 34.8 Å². The third kappa shape index (κ3) is 5.69. The molecule has 0 bridgehead atoms. The van der Waals surface area contributed by atoms with Crippen LogP contribution in [-0.4, -0.2) is 28.0 Å². The van der Waals surface area contributed by atoms with Crippen molar-refractivity contribution in [2.75, 3.05) is 12.3 Å². The lowest BCUT2D eigenvalue weighted by atomic mass is 10.3. The Hall–Kier alpha value is -1.79. The predicted octanol–water partition coefficient (Wildman–Crippen LogP) is 3.22. The molecule has 0 saturated carbocycles. The van der Waals surface area contributed by atoms with Crippen LogP contribution < -0.4 is 10.9 Å². The molecular formula is C17H20ClN3O2S. The number of nitrogens with zero attached hydrogens (tertiary/aromatic N) is 2. The summed E-state index contributed by atoms with van der Waals surface area (Å²) < 4.78 is 1.35. The summed E-state index contributed by atoms with van der Waals surface area (Å²) in [5.41, 5.74) is 0.0838. The predicted molar refractivity (Wildman–Crippen MR) is 97.9 cm³/mol. The Kier molecular flexibility index (Phi) is 7.34. The van der Waals surface area contributed by atoms with Crippen molar-refractivity contribution in [2.45, 2.75) is 31.2 Å². The summed E-state index contributed by atoms with van der Waals surface area (Å²) >= 11 is 7.47. The quantitative estimate of drug-likeness (QED) is 0.576. The normalized spacial score (nSPS) is 10.6. The van der Waals surface area contributed by atoms with Crippen LogP contribution in [0.2, 0.25) is 5.02 Å². The molecule has 0 aliphatic rings. The molecule has 7 heteroatoms. The second kappa shape index (κ2) is 9.49. The van der Waals surface area contributed by atoms with Gasteiger partial charge in [-0.25, -0.2) is 4.68 Å². The SMILES string of the molecule is CCCCn1nc(C(=O)NCCSc2ccc(Cl)cc2)ccc1=O. The highest BCUT2D eigenvalue weighted by atomic mass is 35.5. The minimum Gasteiger partial charge on any atom is -0.350 e. The van der Waals surface area contributed by atoms with Crippen LogP contribution >= 0.6 is 23.4 Å². The molecule has 2 aromatic rings. The molecule has 1 heterocycles. The van der Waals surface area contributed by atoms with Gasteiger partial charge in [-0.1, -0.05) is 24.9 Å². The summed E-state index contributed by atoms with van der Waals surface area (Å²) in [6, 6.07) is 10.4. The molecule has 1 aromatic carbocycles. The number of amides is 1. The molecular weight excluding hydrogens is 346 g/mol. The zero-order valence-electron chi connectivity index (χ0n) is 13.5. The van der Waals surface area contributed by atoms with Gasteiger partial charge >= 0.3 is 0 Å². The first-order valence-corrected chi connectivity index (χ1v) is 9.21. The van der Waals surface area contributed by atoms with Crippen molar-refractivity contribution in [3.8, 4) is 0 Å². The Balaban J connectivity index is 1.83. The van der Waals surface area contributed by atoms with E-state index in [-0.39, 0.29) is 17.2 Å². The fraction of sp³-hybridized carbons (Fsp3) is 0.353. The summed E-state index contributed by atoms with van der Waals surface area (Å²) in [7, 11) is 0. The van der Waals surface area contributed by atoms with Crippen molar-refractivity contribution in [1.29, 1.82) is 0 Å². The molecule has 0 spiro atoms. The lowest BCUT2D eigenvalue weighted by molar-refractivity contribution is 0.0948. The number of unbranched alkanes of at least 4 members (excludes halogenated alkanes) is 1. The van der Waals surface area contributed by atoms with Gasteiger partial charge in [-0.05, 0) is 36.8 Å². The molecule has 1 aromatic heterocycles. The Morgan fingerprint density at radius 3 is 2.71 bits per heavy atom. The minimum atomic E-state index is -0.267. The molecule has 0 unspecified atom stereocenters. The van der Waals surface area contributed by atoms with Gasteiger partial charge in [0.25, 0.3) is 11.5 Å². The molecule has 24 heavy (non-hydrogen) atoms. The van der Waals surface area contributed by atoms with Gasteiger partial charge in [0.05, 0.1) is 0 Å². The number of aryl methyl sites for hydroxylation is 1. The Morgan fingerprint density at radius 1 is 1.25 bits per heavy atom. The Morgan fingerprint density at radius 2 is 2.00 bits per heavy atom. The van der Waals surface area contributed by atoms with E-state index in [1.54, 1.807) is 11.8 Å². The minimum absolute atomic E-state index is 0.182. The fourth-order valence-electron chi connectivity index (χ4n) is 1.99. The number of hydrogen-bond donors (Lipinski definition) is 1. The number of carbonyl (C=O) groups excluding carboxylic acids is 1. The van der Waals surface area contributed by atoms with Crippen molar-refractivity contribution in [3.05, 3.63) is 57.5 Å². The van der Waals surface area contributed by atoms with Crippen LogP contribution in [0.25, 0.3) is 0 Å². The maximum Gasteiger partial charge on any atom is 0.271 e. The zero-order chi connectivity index (χ0) is 17.4. The molecule has 1 amide bonds. The molecule has 0 saturated heterocycles. The Labute approximate surface area is 150 Å². The largest absolute Gasteiger partial charge is 0.350 e. The van der Waals surface area contributed by atoms with E-state index in [2.05, 4.69) is 10.4 Å². The van der Waals surface area contributed by atoms with Crippen LogP contribution in [0.4, 0.5) is 0 Å². The van der Waals surface area contributed by atoms with E-state index >= 15 is 0 Å². The van der Waals surface area contributed by atoms with E-state index in [4.69, 9.17) is 11.6 Å². The summed E-state index contributed by atoms with van der Waals surface area (Å²) in [5.74, 6) is 0.472. The lowest BCUT2D eigenvalue weighted by Gasteiger charge is -2.07. The summed E-state index contributed by atoms with van der Waals surface area (Å²) in [6.45, 7) is 3.09. The first kappa shape index (κ1) is 18.5. The molecule has 128 valence electrons. The van der Waals surface area contributed by atoms with E-state index in [1.165, 1.54) is 16.8 Å². The molecule has 0 atom stereocenters. The number of hydrogen-bond acceptors (Lipinski definition) is 4. The second-order valence-electron chi connectivity index (χ2n) is 5.19. The number of benzene rings is 1. The van der Waals surface area contributed by atoms with E-state index < -0.39 is 0 Å². The van der Waals surface area contributed by atoms with E-state index in [1.807, 2.05) is 31.2 Å². The number of carbonyl (C=O) groups is 1. The van der Waals surface area contributed by atoms with Crippen molar-refractivity contribution >= 4 is 29.3 Å². The van der Waals surface area contributed by atoms with Gasteiger partial charge in [0.15, 0.2) is 0 Å². The van der Waals surface area contributed by atoms with Gasteiger partial charge in [0.1, 0.15) is 5.69 Å². The summed E-state index contributed by atoms with van der Waals surface area (Å²) in [6.07, 6.45) is 1.82. The van der Waals surface area contributed by atoms with E-state index in [0.717, 1.165) is 23.5 Å². The van der Waals surface area contributed by atoms with Crippen molar-refractivity contribution < 1.29 is 4.79 Å². The van der Waals surface area contributed by atoms with Crippen LogP contribution in [0.5, 0.6) is 0 Å². The fourth-order valence-corrected chi connectivity index (χ4v) is 2.89.